The van der Waals surface area contributed by atoms with Gasteiger partial charge in [0, 0.05) is 37.6 Å². The number of carbonyl (C=O) groups is 2. The summed E-state index contributed by atoms with van der Waals surface area (Å²) in [6.07, 6.45) is 0. The molecule has 6 heteroatoms. The molecular formula is C20H22N4O2. The lowest BCUT2D eigenvalue weighted by Crippen LogP contribution is -2.19. The summed E-state index contributed by atoms with van der Waals surface area (Å²) in [6.45, 7) is 7.33. The van der Waals surface area contributed by atoms with Crippen molar-refractivity contribution in [3.05, 3.63) is 47.5 Å². The predicted octanol–water partition coefficient (Wildman–Crippen LogP) is 3.67. The van der Waals surface area contributed by atoms with Gasteiger partial charge in [-0.15, -0.1) is 0 Å². The topological polar surface area (TPSA) is 64.2 Å². The highest BCUT2D eigenvalue weighted by atomic mass is 16.2. The van der Waals surface area contributed by atoms with Crippen LogP contribution in [0.25, 0.3) is 11.1 Å². The first-order valence-electron chi connectivity index (χ1n) is 8.85. The SMILES string of the molecule is Cc1cc(-c2ccc(NC(=O)N3CC3)c(C)c2)ccc1NC(=O)N1CC1. The highest BCUT2D eigenvalue weighted by Gasteiger charge is 2.25. The van der Waals surface area contributed by atoms with Crippen molar-refractivity contribution in [1.82, 2.24) is 9.80 Å². The molecule has 0 aliphatic carbocycles. The fourth-order valence-corrected chi connectivity index (χ4v) is 2.86. The van der Waals surface area contributed by atoms with Crippen molar-refractivity contribution >= 4 is 23.4 Å². The summed E-state index contributed by atoms with van der Waals surface area (Å²) in [5.74, 6) is 0. The molecule has 2 aromatic rings. The van der Waals surface area contributed by atoms with E-state index < -0.39 is 0 Å². The van der Waals surface area contributed by atoms with Gasteiger partial charge in [-0.1, -0.05) is 12.1 Å². The summed E-state index contributed by atoms with van der Waals surface area (Å²) in [6, 6.07) is 12.0. The van der Waals surface area contributed by atoms with Crippen LogP contribution >= 0.6 is 0 Å². The number of amides is 4. The molecule has 0 bridgehead atoms. The van der Waals surface area contributed by atoms with Gasteiger partial charge in [0.25, 0.3) is 0 Å². The second-order valence-electron chi connectivity index (χ2n) is 6.89. The molecule has 6 nitrogen and oxygen atoms in total. The Morgan fingerprint density at radius 2 is 1.12 bits per heavy atom. The summed E-state index contributed by atoms with van der Waals surface area (Å²) < 4.78 is 0. The number of nitrogens with one attached hydrogen (secondary N) is 2. The molecule has 2 aromatic carbocycles. The third-order valence-corrected chi connectivity index (χ3v) is 4.74. The smallest absolute Gasteiger partial charge is 0.321 e. The summed E-state index contributed by atoms with van der Waals surface area (Å²) in [5, 5.41) is 5.89. The molecule has 134 valence electrons. The van der Waals surface area contributed by atoms with Crippen molar-refractivity contribution in [2.24, 2.45) is 0 Å². The quantitative estimate of drug-likeness (QED) is 0.830. The maximum atomic E-state index is 11.9. The van der Waals surface area contributed by atoms with E-state index in [2.05, 4.69) is 22.8 Å². The van der Waals surface area contributed by atoms with E-state index in [9.17, 15) is 9.59 Å². The van der Waals surface area contributed by atoms with Crippen molar-refractivity contribution < 1.29 is 9.59 Å². The van der Waals surface area contributed by atoms with Gasteiger partial charge in [0.15, 0.2) is 0 Å². The Bertz CT molecular complexity index is 812. The van der Waals surface area contributed by atoms with Gasteiger partial charge in [0.05, 0.1) is 0 Å². The van der Waals surface area contributed by atoms with Crippen LogP contribution in [-0.2, 0) is 0 Å². The molecule has 2 fully saturated rings. The van der Waals surface area contributed by atoms with Gasteiger partial charge in [-0.3, -0.25) is 0 Å². The van der Waals surface area contributed by atoms with E-state index in [4.69, 9.17) is 0 Å². The average Bonchev–Trinajstić information content (AvgIpc) is 3.49. The van der Waals surface area contributed by atoms with E-state index in [0.717, 1.165) is 59.8 Å². The Labute approximate surface area is 152 Å². The number of nitrogens with zero attached hydrogens (tertiary/aromatic N) is 2. The standard InChI is InChI=1S/C20H22N4O2/c1-13-11-15(3-5-17(13)21-19(25)23-7-8-23)16-4-6-18(14(2)12-16)22-20(26)24-9-10-24/h3-6,11-12H,7-10H2,1-2H3,(H,21,25)(H,22,26). The van der Waals surface area contributed by atoms with Gasteiger partial charge in [0.2, 0.25) is 0 Å². The van der Waals surface area contributed by atoms with Crippen molar-refractivity contribution in [3.8, 4) is 11.1 Å². The number of rotatable bonds is 3. The molecule has 26 heavy (non-hydrogen) atoms. The Morgan fingerprint density at radius 1 is 0.731 bits per heavy atom. The highest BCUT2D eigenvalue weighted by molar-refractivity contribution is 5.93. The number of carbonyl (C=O) groups excluding carboxylic acids is 2. The van der Waals surface area contributed by atoms with Crippen LogP contribution in [0.2, 0.25) is 0 Å². The van der Waals surface area contributed by atoms with Crippen LogP contribution in [0.1, 0.15) is 11.1 Å². The number of urea groups is 2. The van der Waals surface area contributed by atoms with E-state index in [0.29, 0.717) is 0 Å². The zero-order valence-corrected chi connectivity index (χ0v) is 15.0. The fourth-order valence-electron chi connectivity index (χ4n) is 2.86. The van der Waals surface area contributed by atoms with Crippen molar-refractivity contribution in [1.29, 1.82) is 0 Å². The summed E-state index contributed by atoms with van der Waals surface area (Å²) in [7, 11) is 0. The third-order valence-electron chi connectivity index (χ3n) is 4.74. The van der Waals surface area contributed by atoms with Gasteiger partial charge in [-0.2, -0.15) is 0 Å². The molecule has 0 spiro atoms. The molecule has 2 saturated heterocycles. The minimum Gasteiger partial charge on any atom is -0.321 e. The molecule has 0 radical (unpaired) electrons. The highest BCUT2D eigenvalue weighted by Crippen LogP contribution is 2.28. The minimum atomic E-state index is -0.0387. The number of hydrogen-bond donors (Lipinski definition) is 2. The van der Waals surface area contributed by atoms with Gasteiger partial charge in [-0.05, 0) is 60.4 Å². The second kappa shape index (κ2) is 6.37. The Hall–Kier alpha value is -3.02. The lowest BCUT2D eigenvalue weighted by atomic mass is 10.00. The monoisotopic (exact) mass is 350 g/mol. The van der Waals surface area contributed by atoms with Crippen LogP contribution in [0.15, 0.2) is 36.4 Å². The zero-order valence-electron chi connectivity index (χ0n) is 15.0. The van der Waals surface area contributed by atoms with Crippen LogP contribution in [0.4, 0.5) is 21.0 Å². The first-order chi connectivity index (χ1) is 12.5. The van der Waals surface area contributed by atoms with Gasteiger partial charge in [0.1, 0.15) is 0 Å². The summed E-state index contributed by atoms with van der Waals surface area (Å²) in [4.78, 5) is 27.3. The summed E-state index contributed by atoms with van der Waals surface area (Å²) >= 11 is 0. The van der Waals surface area contributed by atoms with Crippen LogP contribution in [0.5, 0.6) is 0 Å². The lowest BCUT2D eigenvalue weighted by Gasteiger charge is -2.13. The maximum absolute atomic E-state index is 11.9. The summed E-state index contributed by atoms with van der Waals surface area (Å²) in [5.41, 5.74) is 5.89. The van der Waals surface area contributed by atoms with E-state index in [1.807, 2.05) is 38.1 Å². The fraction of sp³-hybridized carbons (Fsp3) is 0.300. The number of benzene rings is 2. The van der Waals surface area contributed by atoms with Crippen molar-refractivity contribution in [2.45, 2.75) is 13.8 Å². The number of hydrogen-bond acceptors (Lipinski definition) is 2. The molecule has 2 heterocycles. The van der Waals surface area contributed by atoms with Crippen LogP contribution in [-0.4, -0.2) is 48.0 Å². The minimum absolute atomic E-state index is 0.0387. The molecule has 2 N–H and O–H groups in total. The molecule has 0 unspecified atom stereocenters. The van der Waals surface area contributed by atoms with E-state index in [1.54, 1.807) is 9.80 Å². The van der Waals surface area contributed by atoms with Crippen molar-refractivity contribution in [2.75, 3.05) is 36.8 Å². The predicted molar refractivity (Wildman–Crippen MR) is 103 cm³/mol. The molecule has 0 saturated carbocycles. The number of anilines is 2. The van der Waals surface area contributed by atoms with E-state index in [-0.39, 0.29) is 12.1 Å². The Balaban J connectivity index is 1.51. The normalized spacial score (nSPS) is 14.8. The average molecular weight is 350 g/mol. The third kappa shape index (κ3) is 3.49. The van der Waals surface area contributed by atoms with E-state index >= 15 is 0 Å². The molecule has 0 atom stereocenters. The molecule has 0 aromatic heterocycles. The van der Waals surface area contributed by atoms with Gasteiger partial charge in [-0.25, -0.2) is 9.59 Å². The lowest BCUT2D eigenvalue weighted by molar-refractivity contribution is 0.241. The number of aryl methyl sites for hydroxylation is 2. The van der Waals surface area contributed by atoms with Crippen LogP contribution < -0.4 is 10.6 Å². The first kappa shape index (κ1) is 16.4. The van der Waals surface area contributed by atoms with E-state index in [1.165, 1.54) is 0 Å². The van der Waals surface area contributed by atoms with Crippen molar-refractivity contribution in [3.63, 3.8) is 0 Å². The van der Waals surface area contributed by atoms with Gasteiger partial charge >= 0.3 is 12.1 Å². The maximum Gasteiger partial charge on any atom is 0.321 e. The molecular weight excluding hydrogens is 328 g/mol. The van der Waals surface area contributed by atoms with Gasteiger partial charge < -0.3 is 20.4 Å². The molecule has 2 aliphatic rings. The Morgan fingerprint density at radius 3 is 1.42 bits per heavy atom. The molecule has 4 rings (SSSR count). The van der Waals surface area contributed by atoms with Crippen LogP contribution in [0.3, 0.4) is 0 Å². The molecule has 4 amide bonds. The molecule has 2 aliphatic heterocycles. The largest absolute Gasteiger partial charge is 0.321 e. The first-order valence-corrected chi connectivity index (χ1v) is 8.85. The second-order valence-corrected chi connectivity index (χ2v) is 6.89. The zero-order chi connectivity index (χ0) is 18.3. The van der Waals surface area contributed by atoms with Crippen LogP contribution in [0, 0.1) is 13.8 Å². The Kier molecular flexibility index (Phi) is 4.03.